The molecule has 1 aliphatic heterocycles. The molecule has 1 atom stereocenters. The molecular formula is C10H10ClNO2. The van der Waals surface area contributed by atoms with Crippen molar-refractivity contribution in [2.45, 2.75) is 19.0 Å². The van der Waals surface area contributed by atoms with Crippen LogP contribution in [0, 0.1) is 0 Å². The molecule has 1 heterocycles. The molecule has 0 radical (unpaired) electrons. The van der Waals surface area contributed by atoms with E-state index in [-0.39, 0.29) is 0 Å². The molecule has 0 saturated carbocycles. The fourth-order valence-corrected chi connectivity index (χ4v) is 1.95. The number of halogens is 1. The Kier molecular flexibility index (Phi) is 2.44. The summed E-state index contributed by atoms with van der Waals surface area (Å²) in [5.74, 6) is -0.810. The number of hydrogen-bond acceptors (Lipinski definition) is 2. The van der Waals surface area contributed by atoms with Gasteiger partial charge in [-0.2, -0.15) is 0 Å². The lowest BCUT2D eigenvalue weighted by atomic mass is 9.96. The van der Waals surface area contributed by atoms with Crippen LogP contribution in [0.25, 0.3) is 0 Å². The molecule has 0 amide bonds. The number of carbonyl (C=O) groups is 1. The molecule has 2 rings (SSSR count). The fraction of sp³-hybridized carbons (Fsp3) is 0.300. The summed E-state index contributed by atoms with van der Waals surface area (Å²) in [6, 6.07) is 5.12. The number of rotatable bonds is 1. The van der Waals surface area contributed by atoms with E-state index in [4.69, 9.17) is 16.7 Å². The highest BCUT2D eigenvalue weighted by Gasteiger charge is 2.24. The number of hydrogen-bond donors (Lipinski definition) is 2. The second kappa shape index (κ2) is 3.59. The van der Waals surface area contributed by atoms with Crippen molar-refractivity contribution in [3.05, 3.63) is 34.3 Å². The third kappa shape index (κ3) is 1.61. The van der Waals surface area contributed by atoms with Crippen LogP contribution in [0.5, 0.6) is 0 Å². The summed E-state index contributed by atoms with van der Waals surface area (Å²) >= 11 is 5.98. The highest BCUT2D eigenvalue weighted by molar-refractivity contribution is 6.31. The topological polar surface area (TPSA) is 49.3 Å². The molecule has 1 aromatic rings. The summed E-state index contributed by atoms with van der Waals surface area (Å²) in [6.45, 7) is 0.534. The van der Waals surface area contributed by atoms with Crippen molar-refractivity contribution in [1.82, 2.24) is 5.32 Å². The van der Waals surface area contributed by atoms with Crippen molar-refractivity contribution in [2.75, 3.05) is 0 Å². The van der Waals surface area contributed by atoms with Crippen LogP contribution in [0.2, 0.25) is 5.02 Å². The number of nitrogens with one attached hydrogen (secondary N) is 1. The minimum absolute atomic E-state index is 0.485. The van der Waals surface area contributed by atoms with E-state index < -0.39 is 12.0 Å². The highest BCUT2D eigenvalue weighted by atomic mass is 35.5. The maximum absolute atomic E-state index is 10.8. The van der Waals surface area contributed by atoms with Crippen LogP contribution < -0.4 is 5.32 Å². The van der Waals surface area contributed by atoms with E-state index in [1.54, 1.807) is 0 Å². The van der Waals surface area contributed by atoms with Crippen LogP contribution in [0.4, 0.5) is 0 Å². The Balaban J connectivity index is 2.31. The van der Waals surface area contributed by atoms with Gasteiger partial charge in [0, 0.05) is 11.6 Å². The molecule has 2 N–H and O–H groups in total. The molecule has 14 heavy (non-hydrogen) atoms. The summed E-state index contributed by atoms with van der Waals surface area (Å²) < 4.78 is 0. The largest absolute Gasteiger partial charge is 0.480 e. The lowest BCUT2D eigenvalue weighted by Crippen LogP contribution is -2.41. The summed E-state index contributed by atoms with van der Waals surface area (Å²) in [5.41, 5.74) is 2.05. The van der Waals surface area contributed by atoms with Crippen LogP contribution in [0.1, 0.15) is 11.1 Å². The first kappa shape index (κ1) is 9.49. The highest BCUT2D eigenvalue weighted by Crippen LogP contribution is 2.24. The van der Waals surface area contributed by atoms with Gasteiger partial charge in [-0.05, 0) is 23.6 Å². The molecule has 74 valence electrons. The number of fused-ring (bicyclic) bond motifs is 1. The predicted octanol–water partition coefficient (Wildman–Crippen LogP) is 1.44. The minimum atomic E-state index is -0.810. The fourth-order valence-electron chi connectivity index (χ4n) is 1.68. The van der Waals surface area contributed by atoms with E-state index >= 15 is 0 Å². The van der Waals surface area contributed by atoms with Gasteiger partial charge in [0.15, 0.2) is 0 Å². The second-order valence-electron chi connectivity index (χ2n) is 3.35. The van der Waals surface area contributed by atoms with Gasteiger partial charge in [-0.1, -0.05) is 23.7 Å². The summed E-state index contributed by atoms with van der Waals surface area (Å²) in [7, 11) is 0. The van der Waals surface area contributed by atoms with Crippen molar-refractivity contribution in [1.29, 1.82) is 0 Å². The van der Waals surface area contributed by atoms with Crippen molar-refractivity contribution < 1.29 is 9.90 Å². The third-order valence-electron chi connectivity index (χ3n) is 2.46. The zero-order chi connectivity index (χ0) is 10.1. The van der Waals surface area contributed by atoms with Gasteiger partial charge < -0.3 is 5.11 Å². The monoisotopic (exact) mass is 211 g/mol. The normalized spacial score (nSPS) is 20.2. The molecule has 0 bridgehead atoms. The first-order valence-electron chi connectivity index (χ1n) is 4.41. The molecule has 4 heteroatoms. The van der Waals surface area contributed by atoms with E-state index in [2.05, 4.69) is 5.32 Å². The smallest absolute Gasteiger partial charge is 0.321 e. The molecule has 0 saturated heterocycles. The Hall–Kier alpha value is -1.06. The zero-order valence-corrected chi connectivity index (χ0v) is 8.21. The lowest BCUT2D eigenvalue weighted by molar-refractivity contribution is -0.139. The number of benzene rings is 1. The quantitative estimate of drug-likeness (QED) is 0.739. The average molecular weight is 212 g/mol. The first-order valence-corrected chi connectivity index (χ1v) is 4.78. The van der Waals surface area contributed by atoms with Gasteiger partial charge in [0.1, 0.15) is 6.04 Å². The van der Waals surface area contributed by atoms with Crippen LogP contribution in [-0.4, -0.2) is 17.1 Å². The van der Waals surface area contributed by atoms with E-state index in [0.717, 1.165) is 11.1 Å². The van der Waals surface area contributed by atoms with Crippen molar-refractivity contribution in [2.24, 2.45) is 0 Å². The Morgan fingerprint density at radius 2 is 2.36 bits per heavy atom. The first-order chi connectivity index (χ1) is 6.68. The lowest BCUT2D eigenvalue weighted by Gasteiger charge is -2.23. The third-order valence-corrected chi connectivity index (χ3v) is 2.82. The van der Waals surface area contributed by atoms with Gasteiger partial charge in [-0.15, -0.1) is 0 Å². The van der Waals surface area contributed by atoms with Crippen LogP contribution in [0.3, 0.4) is 0 Å². The van der Waals surface area contributed by atoms with Crippen molar-refractivity contribution >= 4 is 17.6 Å². The van der Waals surface area contributed by atoms with Gasteiger partial charge in [0.05, 0.1) is 0 Å². The number of aliphatic carboxylic acids is 1. The van der Waals surface area contributed by atoms with E-state index in [9.17, 15) is 4.79 Å². The molecule has 0 fully saturated rings. The summed E-state index contributed by atoms with van der Waals surface area (Å²) in [5, 5.41) is 12.5. The summed E-state index contributed by atoms with van der Waals surface area (Å²) in [4.78, 5) is 10.8. The maximum Gasteiger partial charge on any atom is 0.321 e. The average Bonchev–Trinajstić information content (AvgIpc) is 2.17. The van der Waals surface area contributed by atoms with E-state index in [1.165, 1.54) is 0 Å². The summed E-state index contributed by atoms with van der Waals surface area (Å²) in [6.07, 6.45) is 0.505. The van der Waals surface area contributed by atoms with Gasteiger partial charge in [0.25, 0.3) is 0 Å². The van der Waals surface area contributed by atoms with E-state index in [1.807, 2.05) is 18.2 Å². The molecule has 1 aliphatic rings. The number of carboxylic acid groups (broad SMARTS) is 1. The van der Waals surface area contributed by atoms with Gasteiger partial charge >= 0.3 is 5.97 Å². The minimum Gasteiger partial charge on any atom is -0.480 e. The van der Waals surface area contributed by atoms with Gasteiger partial charge in [-0.3, -0.25) is 10.1 Å². The molecule has 0 spiro atoms. The Labute approximate surface area is 86.7 Å². The molecule has 0 unspecified atom stereocenters. The molecular weight excluding hydrogens is 202 g/mol. The van der Waals surface area contributed by atoms with Gasteiger partial charge in [0.2, 0.25) is 0 Å². The second-order valence-corrected chi connectivity index (χ2v) is 3.76. The molecule has 0 aromatic heterocycles. The predicted molar refractivity (Wildman–Crippen MR) is 53.4 cm³/mol. The Bertz CT molecular complexity index is 378. The van der Waals surface area contributed by atoms with Crippen molar-refractivity contribution in [3.63, 3.8) is 0 Å². The van der Waals surface area contributed by atoms with Crippen molar-refractivity contribution in [3.8, 4) is 0 Å². The molecule has 3 nitrogen and oxygen atoms in total. The Morgan fingerprint density at radius 3 is 3.07 bits per heavy atom. The van der Waals surface area contributed by atoms with E-state index in [0.29, 0.717) is 18.0 Å². The van der Waals surface area contributed by atoms with Gasteiger partial charge in [-0.25, -0.2) is 0 Å². The molecule has 1 aromatic carbocycles. The van der Waals surface area contributed by atoms with Crippen LogP contribution in [0.15, 0.2) is 18.2 Å². The number of carboxylic acids is 1. The zero-order valence-electron chi connectivity index (χ0n) is 7.46. The van der Waals surface area contributed by atoms with Crippen LogP contribution in [-0.2, 0) is 17.8 Å². The maximum atomic E-state index is 10.8. The Morgan fingerprint density at radius 1 is 1.57 bits per heavy atom. The van der Waals surface area contributed by atoms with Crippen LogP contribution >= 0.6 is 11.6 Å². The standard InChI is InChI=1S/C10H10ClNO2/c11-8-3-1-2-6-4-9(10(13)14)12-5-7(6)8/h1-3,9,12H,4-5H2,(H,13,14)/t9-/m1/s1. The molecule has 0 aliphatic carbocycles. The SMILES string of the molecule is O=C(O)[C@H]1Cc2cccc(Cl)c2CN1.